The van der Waals surface area contributed by atoms with Gasteiger partial charge in [0.05, 0.1) is 6.04 Å². The van der Waals surface area contributed by atoms with Gasteiger partial charge < -0.3 is 16.0 Å². The Hall–Kier alpha value is -1.81. The van der Waals surface area contributed by atoms with Crippen LogP contribution in [-0.4, -0.2) is 22.5 Å². The number of para-hydroxylation sites is 1. The summed E-state index contributed by atoms with van der Waals surface area (Å²) < 4.78 is 0. The van der Waals surface area contributed by atoms with Crippen LogP contribution >= 0.6 is 0 Å². The fourth-order valence-electron chi connectivity index (χ4n) is 2.85. The van der Waals surface area contributed by atoms with Gasteiger partial charge in [0.2, 0.25) is 5.91 Å². The summed E-state index contributed by atoms with van der Waals surface area (Å²) in [6.45, 7) is 2.09. The van der Waals surface area contributed by atoms with Gasteiger partial charge in [-0.15, -0.1) is 0 Å². The van der Waals surface area contributed by atoms with Crippen molar-refractivity contribution in [2.24, 2.45) is 5.73 Å². The van der Waals surface area contributed by atoms with Crippen molar-refractivity contribution in [3.8, 4) is 0 Å². The molecule has 1 saturated carbocycles. The van der Waals surface area contributed by atoms with E-state index < -0.39 is 6.04 Å². The van der Waals surface area contributed by atoms with Crippen molar-refractivity contribution in [3.63, 3.8) is 0 Å². The molecule has 1 amide bonds. The first-order chi connectivity index (χ1) is 9.57. The average molecular weight is 271 g/mol. The van der Waals surface area contributed by atoms with Gasteiger partial charge in [0.1, 0.15) is 0 Å². The molecule has 0 saturated heterocycles. The maximum absolute atomic E-state index is 12.2. The number of carbonyl (C=O) groups excluding carboxylic acids is 1. The van der Waals surface area contributed by atoms with E-state index in [0.29, 0.717) is 6.42 Å². The summed E-state index contributed by atoms with van der Waals surface area (Å²) in [6, 6.07) is 7.58. The summed E-state index contributed by atoms with van der Waals surface area (Å²) in [6.07, 6.45) is 5.81. The minimum absolute atomic E-state index is 0.0328. The van der Waals surface area contributed by atoms with Gasteiger partial charge in [-0.25, -0.2) is 0 Å². The molecule has 1 aliphatic carbocycles. The van der Waals surface area contributed by atoms with Crippen molar-refractivity contribution in [2.75, 3.05) is 0 Å². The van der Waals surface area contributed by atoms with Crippen LogP contribution in [0.3, 0.4) is 0 Å². The van der Waals surface area contributed by atoms with Gasteiger partial charge in [-0.3, -0.25) is 4.79 Å². The Bertz CT molecular complexity index is 627. The standard InChI is InChI=1S/C16H21N3O/c1-16(7-4-8-16)19-15(20)13(17)9-11-10-18-14-6-3-2-5-12(11)14/h2-3,5-6,10,13,18H,4,7-9,17H2,1H3,(H,19,20)/t13-/m0/s1. The highest BCUT2D eigenvalue weighted by Crippen LogP contribution is 2.31. The number of hydrogen-bond donors (Lipinski definition) is 3. The summed E-state index contributed by atoms with van der Waals surface area (Å²) in [5, 5.41) is 4.22. The predicted octanol–water partition coefficient (Wildman–Crippen LogP) is 2.10. The largest absolute Gasteiger partial charge is 0.361 e. The molecule has 4 heteroatoms. The Labute approximate surface area is 118 Å². The third-order valence-electron chi connectivity index (χ3n) is 4.33. The molecule has 1 atom stereocenters. The third kappa shape index (κ3) is 2.43. The van der Waals surface area contributed by atoms with E-state index in [2.05, 4.69) is 23.3 Å². The molecule has 2 aromatic rings. The number of aromatic nitrogens is 1. The van der Waals surface area contributed by atoms with E-state index in [9.17, 15) is 4.79 Å². The molecule has 0 unspecified atom stereocenters. The van der Waals surface area contributed by atoms with Gasteiger partial charge >= 0.3 is 0 Å². The number of carbonyl (C=O) groups is 1. The number of hydrogen-bond acceptors (Lipinski definition) is 2. The topological polar surface area (TPSA) is 70.9 Å². The molecule has 0 aliphatic heterocycles. The van der Waals surface area contributed by atoms with Gasteiger partial charge in [0.25, 0.3) is 0 Å². The number of fused-ring (bicyclic) bond motifs is 1. The maximum atomic E-state index is 12.2. The molecular formula is C16H21N3O. The average Bonchev–Trinajstić information content (AvgIpc) is 2.80. The van der Waals surface area contributed by atoms with E-state index >= 15 is 0 Å². The normalized spacial score (nSPS) is 18.5. The minimum atomic E-state index is -0.494. The summed E-state index contributed by atoms with van der Waals surface area (Å²) in [5.74, 6) is -0.0440. The number of amides is 1. The second-order valence-corrected chi connectivity index (χ2v) is 6.07. The van der Waals surface area contributed by atoms with Gasteiger partial charge in [-0.05, 0) is 44.2 Å². The highest BCUT2D eigenvalue weighted by molar-refractivity contribution is 5.86. The van der Waals surface area contributed by atoms with Crippen molar-refractivity contribution in [1.82, 2.24) is 10.3 Å². The maximum Gasteiger partial charge on any atom is 0.237 e. The fourth-order valence-corrected chi connectivity index (χ4v) is 2.85. The first-order valence-corrected chi connectivity index (χ1v) is 7.20. The number of H-pyrrole nitrogens is 1. The van der Waals surface area contributed by atoms with Crippen LogP contribution in [0, 0.1) is 0 Å². The molecule has 20 heavy (non-hydrogen) atoms. The molecule has 1 aromatic carbocycles. The van der Waals surface area contributed by atoms with E-state index in [4.69, 9.17) is 5.73 Å². The van der Waals surface area contributed by atoms with E-state index in [1.54, 1.807) is 0 Å². The van der Waals surface area contributed by atoms with Crippen molar-refractivity contribution in [3.05, 3.63) is 36.0 Å². The van der Waals surface area contributed by atoms with Crippen molar-refractivity contribution >= 4 is 16.8 Å². The monoisotopic (exact) mass is 271 g/mol. The van der Waals surface area contributed by atoms with Gasteiger partial charge in [-0.2, -0.15) is 0 Å². The van der Waals surface area contributed by atoms with Crippen molar-refractivity contribution < 1.29 is 4.79 Å². The Morgan fingerprint density at radius 3 is 2.90 bits per heavy atom. The lowest BCUT2D eigenvalue weighted by Crippen LogP contribution is -2.55. The third-order valence-corrected chi connectivity index (χ3v) is 4.33. The molecule has 0 bridgehead atoms. The van der Waals surface area contributed by atoms with Gasteiger partial charge in [0.15, 0.2) is 0 Å². The van der Waals surface area contributed by atoms with Crippen LogP contribution in [0.5, 0.6) is 0 Å². The minimum Gasteiger partial charge on any atom is -0.361 e. The predicted molar refractivity (Wildman–Crippen MR) is 80.4 cm³/mol. The number of rotatable bonds is 4. The highest BCUT2D eigenvalue weighted by Gasteiger charge is 2.34. The summed E-state index contributed by atoms with van der Waals surface area (Å²) >= 11 is 0. The van der Waals surface area contributed by atoms with E-state index in [1.165, 1.54) is 6.42 Å². The molecule has 0 radical (unpaired) electrons. The second kappa shape index (κ2) is 4.94. The molecule has 1 fully saturated rings. The zero-order valence-corrected chi connectivity index (χ0v) is 11.8. The zero-order valence-electron chi connectivity index (χ0n) is 11.8. The van der Waals surface area contributed by atoms with Crippen molar-refractivity contribution in [2.45, 2.75) is 44.2 Å². The lowest BCUT2D eigenvalue weighted by atomic mass is 9.78. The first kappa shape index (κ1) is 13.2. The smallest absolute Gasteiger partial charge is 0.237 e. The van der Waals surface area contributed by atoms with Gasteiger partial charge in [-0.1, -0.05) is 18.2 Å². The highest BCUT2D eigenvalue weighted by atomic mass is 16.2. The lowest BCUT2D eigenvalue weighted by Gasteiger charge is -2.39. The fraction of sp³-hybridized carbons (Fsp3) is 0.438. The zero-order chi connectivity index (χ0) is 14.2. The first-order valence-electron chi connectivity index (χ1n) is 7.20. The quantitative estimate of drug-likeness (QED) is 0.797. The molecule has 1 heterocycles. The Morgan fingerprint density at radius 2 is 2.20 bits per heavy atom. The molecule has 106 valence electrons. The van der Waals surface area contributed by atoms with Crippen LogP contribution in [0.25, 0.3) is 10.9 Å². The van der Waals surface area contributed by atoms with Crippen LogP contribution in [0.2, 0.25) is 0 Å². The van der Waals surface area contributed by atoms with Crippen molar-refractivity contribution in [1.29, 1.82) is 0 Å². The SMILES string of the molecule is CC1(NC(=O)[C@@H](N)Cc2c[nH]c3ccccc23)CCC1. The Morgan fingerprint density at radius 1 is 1.45 bits per heavy atom. The molecule has 0 spiro atoms. The Kier molecular flexibility index (Phi) is 3.26. The molecule has 1 aliphatic rings. The second-order valence-electron chi connectivity index (χ2n) is 6.07. The molecule has 1 aromatic heterocycles. The molecule has 4 N–H and O–H groups in total. The summed E-state index contributed by atoms with van der Waals surface area (Å²) in [4.78, 5) is 15.4. The van der Waals surface area contributed by atoms with Crippen LogP contribution < -0.4 is 11.1 Å². The van der Waals surface area contributed by atoms with Crippen LogP contribution in [-0.2, 0) is 11.2 Å². The van der Waals surface area contributed by atoms with E-state index in [0.717, 1.165) is 29.3 Å². The number of benzene rings is 1. The van der Waals surface area contributed by atoms with Gasteiger partial charge in [0, 0.05) is 22.6 Å². The number of aromatic amines is 1. The number of nitrogens with one attached hydrogen (secondary N) is 2. The number of nitrogens with two attached hydrogens (primary N) is 1. The van der Waals surface area contributed by atoms with E-state index in [1.807, 2.05) is 24.4 Å². The lowest BCUT2D eigenvalue weighted by molar-refractivity contribution is -0.125. The molecule has 3 rings (SSSR count). The van der Waals surface area contributed by atoms with Crippen LogP contribution in [0.15, 0.2) is 30.5 Å². The molecule has 4 nitrogen and oxygen atoms in total. The van der Waals surface area contributed by atoms with Crippen LogP contribution in [0.4, 0.5) is 0 Å². The summed E-state index contributed by atoms with van der Waals surface area (Å²) in [7, 11) is 0. The molecular weight excluding hydrogens is 250 g/mol. The van der Waals surface area contributed by atoms with Crippen LogP contribution in [0.1, 0.15) is 31.7 Å². The summed E-state index contributed by atoms with van der Waals surface area (Å²) in [5.41, 5.74) is 8.21. The Balaban J connectivity index is 1.69. The van der Waals surface area contributed by atoms with E-state index in [-0.39, 0.29) is 11.4 Å².